The van der Waals surface area contributed by atoms with Gasteiger partial charge in [0.1, 0.15) is 10.6 Å². The minimum Gasteiger partial charge on any atom is -0.507 e. The summed E-state index contributed by atoms with van der Waals surface area (Å²) in [6, 6.07) is 4.21. The van der Waals surface area contributed by atoms with E-state index in [9.17, 15) is 13.5 Å². The zero-order valence-electron chi connectivity index (χ0n) is 8.19. The Bertz CT molecular complexity index is 500. The molecule has 4 nitrogen and oxygen atoms in total. The normalized spacial score (nSPS) is 10.7. The monoisotopic (exact) mass is 225 g/mol. The fourth-order valence-corrected chi connectivity index (χ4v) is 1.85. The molecule has 0 amide bonds. The molecule has 0 aliphatic carbocycles. The first-order valence-corrected chi connectivity index (χ1v) is 6.04. The number of terminal acetylenes is 1. The van der Waals surface area contributed by atoms with Gasteiger partial charge in [0, 0.05) is 18.0 Å². The summed E-state index contributed by atoms with van der Waals surface area (Å²) in [5, 5.41) is 12.3. The van der Waals surface area contributed by atoms with Crippen LogP contribution in [-0.4, -0.2) is 26.3 Å². The Labute approximate surface area is 88.9 Å². The molecule has 80 valence electrons. The lowest BCUT2D eigenvalue weighted by Crippen LogP contribution is -2.01. The van der Waals surface area contributed by atoms with Crippen molar-refractivity contribution in [2.45, 2.75) is 4.90 Å². The highest BCUT2D eigenvalue weighted by molar-refractivity contribution is 7.90. The van der Waals surface area contributed by atoms with Gasteiger partial charge in [0.05, 0.1) is 6.54 Å². The van der Waals surface area contributed by atoms with E-state index >= 15 is 0 Å². The maximum atomic E-state index is 11.2. The fraction of sp³-hybridized carbons (Fsp3) is 0.200. The van der Waals surface area contributed by atoms with Gasteiger partial charge in [-0.05, 0) is 12.1 Å². The van der Waals surface area contributed by atoms with Gasteiger partial charge in [-0.25, -0.2) is 8.42 Å². The molecule has 0 aliphatic rings. The fourth-order valence-electron chi connectivity index (χ4n) is 1.09. The number of benzene rings is 1. The minimum absolute atomic E-state index is 0.0891. The highest BCUT2D eigenvalue weighted by Crippen LogP contribution is 2.25. The number of hydrogen-bond acceptors (Lipinski definition) is 4. The summed E-state index contributed by atoms with van der Waals surface area (Å²) in [6.07, 6.45) is 6.08. The van der Waals surface area contributed by atoms with Crippen molar-refractivity contribution >= 4 is 15.5 Å². The van der Waals surface area contributed by atoms with E-state index in [0.717, 1.165) is 6.26 Å². The standard InChI is InChI=1S/C10H11NO3S/c1-3-6-11-8-4-5-10(9(12)7-8)15(2,13)14/h1,4-5,7,11-12H,6H2,2H3. The Morgan fingerprint density at radius 2 is 2.20 bits per heavy atom. The number of anilines is 1. The van der Waals surface area contributed by atoms with Crippen molar-refractivity contribution in [3.8, 4) is 18.1 Å². The molecule has 0 aliphatic heterocycles. The Balaban J connectivity index is 3.05. The Morgan fingerprint density at radius 1 is 1.53 bits per heavy atom. The van der Waals surface area contributed by atoms with Crippen molar-refractivity contribution in [1.29, 1.82) is 0 Å². The van der Waals surface area contributed by atoms with Gasteiger partial charge in [-0.3, -0.25) is 0 Å². The van der Waals surface area contributed by atoms with Crippen LogP contribution in [0.3, 0.4) is 0 Å². The van der Waals surface area contributed by atoms with Crippen LogP contribution in [0, 0.1) is 12.3 Å². The Kier molecular flexibility index (Phi) is 3.22. The number of rotatable bonds is 3. The second-order valence-electron chi connectivity index (χ2n) is 3.01. The molecule has 0 atom stereocenters. The molecule has 15 heavy (non-hydrogen) atoms. The molecular weight excluding hydrogens is 214 g/mol. The van der Waals surface area contributed by atoms with Crippen LogP contribution in [0.15, 0.2) is 23.1 Å². The molecule has 1 aromatic carbocycles. The minimum atomic E-state index is -3.39. The van der Waals surface area contributed by atoms with E-state index in [1.165, 1.54) is 12.1 Å². The molecule has 0 fully saturated rings. The Morgan fingerprint density at radius 3 is 2.67 bits per heavy atom. The van der Waals surface area contributed by atoms with Crippen LogP contribution in [0.1, 0.15) is 0 Å². The maximum Gasteiger partial charge on any atom is 0.179 e. The molecular formula is C10H11NO3S. The quantitative estimate of drug-likeness (QED) is 0.748. The van der Waals surface area contributed by atoms with Crippen molar-refractivity contribution in [2.24, 2.45) is 0 Å². The molecule has 0 bridgehead atoms. The first-order chi connectivity index (χ1) is 6.95. The molecule has 0 heterocycles. The summed E-state index contributed by atoms with van der Waals surface area (Å²) in [5.74, 6) is 2.09. The molecule has 5 heteroatoms. The molecule has 2 N–H and O–H groups in total. The zero-order valence-corrected chi connectivity index (χ0v) is 9.00. The third-order valence-electron chi connectivity index (χ3n) is 1.75. The zero-order chi connectivity index (χ0) is 11.5. The molecule has 0 spiro atoms. The van der Waals surface area contributed by atoms with Gasteiger partial charge >= 0.3 is 0 Å². The first kappa shape index (κ1) is 11.4. The van der Waals surface area contributed by atoms with Gasteiger partial charge in [0.15, 0.2) is 9.84 Å². The van der Waals surface area contributed by atoms with Crippen LogP contribution in [0.5, 0.6) is 5.75 Å². The summed E-state index contributed by atoms with van der Waals surface area (Å²) >= 11 is 0. The number of sulfone groups is 1. The van der Waals surface area contributed by atoms with Gasteiger partial charge in [-0.1, -0.05) is 5.92 Å². The molecule has 1 rings (SSSR count). The number of hydrogen-bond donors (Lipinski definition) is 2. The van der Waals surface area contributed by atoms with Crippen molar-refractivity contribution in [1.82, 2.24) is 0 Å². The average molecular weight is 225 g/mol. The molecule has 0 unspecified atom stereocenters. The SMILES string of the molecule is C#CCNc1ccc(S(C)(=O)=O)c(O)c1. The summed E-state index contributed by atoms with van der Waals surface area (Å²) in [4.78, 5) is -0.0891. The smallest absolute Gasteiger partial charge is 0.179 e. The third kappa shape index (κ3) is 2.89. The first-order valence-electron chi connectivity index (χ1n) is 4.15. The molecule has 0 saturated carbocycles. The van der Waals surface area contributed by atoms with Gasteiger partial charge in [-0.2, -0.15) is 0 Å². The van der Waals surface area contributed by atoms with E-state index in [4.69, 9.17) is 6.42 Å². The maximum absolute atomic E-state index is 11.2. The molecule has 1 aromatic rings. The van der Waals surface area contributed by atoms with Crippen LogP contribution in [-0.2, 0) is 9.84 Å². The predicted octanol–water partition coefficient (Wildman–Crippen LogP) is 0.841. The summed E-state index contributed by atoms with van der Waals surface area (Å²) in [6.45, 7) is 0.317. The lowest BCUT2D eigenvalue weighted by atomic mass is 10.3. The van der Waals surface area contributed by atoms with E-state index < -0.39 is 9.84 Å². The highest BCUT2D eigenvalue weighted by atomic mass is 32.2. The van der Waals surface area contributed by atoms with Gasteiger partial charge < -0.3 is 10.4 Å². The van der Waals surface area contributed by atoms with E-state index in [0.29, 0.717) is 12.2 Å². The molecule has 0 saturated heterocycles. The second kappa shape index (κ2) is 4.24. The van der Waals surface area contributed by atoms with Crippen LogP contribution < -0.4 is 5.32 Å². The topological polar surface area (TPSA) is 66.4 Å². The van der Waals surface area contributed by atoms with Gasteiger partial charge in [-0.15, -0.1) is 6.42 Å². The molecule has 0 radical (unpaired) electrons. The van der Waals surface area contributed by atoms with Crippen molar-refractivity contribution in [3.63, 3.8) is 0 Å². The summed E-state index contributed by atoms with van der Waals surface area (Å²) < 4.78 is 22.3. The second-order valence-corrected chi connectivity index (χ2v) is 5.00. The highest BCUT2D eigenvalue weighted by Gasteiger charge is 2.12. The van der Waals surface area contributed by atoms with E-state index in [1.807, 2.05) is 0 Å². The van der Waals surface area contributed by atoms with Crippen LogP contribution in [0.4, 0.5) is 5.69 Å². The number of aromatic hydroxyl groups is 1. The summed E-state index contributed by atoms with van der Waals surface area (Å²) in [7, 11) is -3.39. The van der Waals surface area contributed by atoms with E-state index in [-0.39, 0.29) is 10.6 Å². The number of nitrogens with one attached hydrogen (secondary N) is 1. The lowest BCUT2D eigenvalue weighted by molar-refractivity contribution is 0.459. The van der Waals surface area contributed by atoms with Crippen molar-refractivity contribution in [2.75, 3.05) is 18.1 Å². The van der Waals surface area contributed by atoms with Gasteiger partial charge in [0.25, 0.3) is 0 Å². The number of phenols is 1. The van der Waals surface area contributed by atoms with Crippen molar-refractivity contribution < 1.29 is 13.5 Å². The van der Waals surface area contributed by atoms with Crippen LogP contribution in [0.25, 0.3) is 0 Å². The van der Waals surface area contributed by atoms with E-state index in [2.05, 4.69) is 11.2 Å². The molecule has 0 aromatic heterocycles. The lowest BCUT2D eigenvalue weighted by Gasteiger charge is -2.06. The largest absolute Gasteiger partial charge is 0.507 e. The summed E-state index contributed by atoms with van der Waals surface area (Å²) in [5.41, 5.74) is 0.581. The predicted molar refractivity (Wildman–Crippen MR) is 58.5 cm³/mol. The van der Waals surface area contributed by atoms with E-state index in [1.54, 1.807) is 6.07 Å². The van der Waals surface area contributed by atoms with Gasteiger partial charge in [0.2, 0.25) is 0 Å². The van der Waals surface area contributed by atoms with Crippen LogP contribution in [0.2, 0.25) is 0 Å². The Hall–Kier alpha value is -1.67. The average Bonchev–Trinajstić information content (AvgIpc) is 2.12. The van der Waals surface area contributed by atoms with Crippen LogP contribution >= 0.6 is 0 Å². The number of phenolic OH excluding ortho intramolecular Hbond substituents is 1. The van der Waals surface area contributed by atoms with Crippen molar-refractivity contribution in [3.05, 3.63) is 18.2 Å². The third-order valence-corrected chi connectivity index (χ3v) is 2.90.